The highest BCUT2D eigenvalue weighted by Gasteiger charge is 2.18. The summed E-state index contributed by atoms with van der Waals surface area (Å²) in [4.78, 5) is 29.2. The van der Waals surface area contributed by atoms with Crippen molar-refractivity contribution in [3.63, 3.8) is 0 Å². The highest BCUT2D eigenvalue weighted by Crippen LogP contribution is 2.35. The number of aromatic nitrogens is 2. The van der Waals surface area contributed by atoms with E-state index >= 15 is 0 Å². The fourth-order valence-electron chi connectivity index (χ4n) is 4.02. The molecule has 4 rings (SSSR count). The molecular formula is C23H27N5O3. The minimum Gasteiger partial charge on any atom is -0.493 e. The van der Waals surface area contributed by atoms with Gasteiger partial charge in [0.15, 0.2) is 11.5 Å². The summed E-state index contributed by atoms with van der Waals surface area (Å²) in [5, 5.41) is 0.499. The zero-order valence-corrected chi connectivity index (χ0v) is 18.5. The lowest BCUT2D eigenvalue weighted by molar-refractivity contribution is 0.354. The number of rotatable bonds is 6. The van der Waals surface area contributed by atoms with Gasteiger partial charge in [0.25, 0.3) is 5.56 Å². The number of nitrogens with one attached hydrogen (secondary N) is 1. The number of amidine groups is 1. The third kappa shape index (κ3) is 3.81. The summed E-state index contributed by atoms with van der Waals surface area (Å²) in [6.07, 6.45) is 0. The molecule has 0 amide bonds. The van der Waals surface area contributed by atoms with E-state index in [0.717, 1.165) is 30.1 Å². The second-order valence-electron chi connectivity index (χ2n) is 7.70. The van der Waals surface area contributed by atoms with Gasteiger partial charge in [0, 0.05) is 44.4 Å². The summed E-state index contributed by atoms with van der Waals surface area (Å²) in [7, 11) is 7.09. The molecule has 0 unspecified atom stereocenters. The van der Waals surface area contributed by atoms with Gasteiger partial charge in [-0.05, 0) is 18.6 Å². The van der Waals surface area contributed by atoms with Crippen molar-refractivity contribution in [3.05, 3.63) is 57.4 Å². The number of anilines is 1. The van der Waals surface area contributed by atoms with Crippen LogP contribution < -0.4 is 19.9 Å². The number of methoxy groups -OCH3 is 2. The monoisotopic (exact) mass is 421 g/mol. The molecule has 1 aliphatic rings. The molecular weight excluding hydrogens is 394 g/mol. The normalized spacial score (nSPS) is 13.5. The van der Waals surface area contributed by atoms with Crippen LogP contribution in [0.15, 0.2) is 40.1 Å². The van der Waals surface area contributed by atoms with Crippen molar-refractivity contribution in [2.24, 2.45) is 4.99 Å². The van der Waals surface area contributed by atoms with Crippen molar-refractivity contribution in [2.45, 2.75) is 13.5 Å². The van der Waals surface area contributed by atoms with Crippen molar-refractivity contribution in [2.75, 3.05) is 46.3 Å². The number of hydrogen-bond acceptors (Lipinski definition) is 7. The molecule has 31 heavy (non-hydrogen) atoms. The predicted molar refractivity (Wildman–Crippen MR) is 123 cm³/mol. The van der Waals surface area contributed by atoms with Gasteiger partial charge in [-0.25, -0.2) is 4.98 Å². The first-order valence-electron chi connectivity index (χ1n) is 10.1. The zero-order chi connectivity index (χ0) is 22.1. The van der Waals surface area contributed by atoms with E-state index in [4.69, 9.17) is 14.5 Å². The number of H-pyrrole nitrogens is 1. The lowest BCUT2D eigenvalue weighted by Gasteiger charge is -2.20. The summed E-state index contributed by atoms with van der Waals surface area (Å²) in [6, 6.07) is 10.0. The summed E-state index contributed by atoms with van der Waals surface area (Å²) in [6.45, 7) is 4.19. The molecule has 8 heteroatoms. The number of benzene rings is 2. The number of fused-ring (bicyclic) bond motifs is 1. The molecule has 2 aromatic carbocycles. The van der Waals surface area contributed by atoms with E-state index in [2.05, 4.69) is 40.1 Å². The molecule has 1 aromatic heterocycles. The largest absolute Gasteiger partial charge is 0.493 e. The third-order valence-corrected chi connectivity index (χ3v) is 5.59. The van der Waals surface area contributed by atoms with E-state index in [1.54, 1.807) is 20.3 Å². The van der Waals surface area contributed by atoms with Crippen molar-refractivity contribution in [3.8, 4) is 11.5 Å². The van der Waals surface area contributed by atoms with Crippen LogP contribution in [0.1, 0.15) is 16.7 Å². The lowest BCUT2D eigenvalue weighted by atomic mass is 10.1. The Kier molecular flexibility index (Phi) is 5.54. The molecule has 0 fully saturated rings. The summed E-state index contributed by atoms with van der Waals surface area (Å²) in [5.41, 5.74) is 3.26. The standard InChI is InChI=1S/C23H27N5O3/c1-14-19-17(12-18(30-4)20(14)31-5)25-23(26-22(19)29)28(3)13-15-7-6-8-16(11-15)21-24-9-10-27(21)2/h6-8,11-12H,9-10,13H2,1-5H3,(H,25,26,29). The zero-order valence-electron chi connectivity index (χ0n) is 18.5. The van der Waals surface area contributed by atoms with Gasteiger partial charge in [-0.1, -0.05) is 18.2 Å². The van der Waals surface area contributed by atoms with Crippen LogP contribution in [0, 0.1) is 6.92 Å². The number of nitrogens with zero attached hydrogens (tertiary/aromatic N) is 4. The van der Waals surface area contributed by atoms with Crippen LogP contribution in [0.4, 0.5) is 5.95 Å². The Morgan fingerprint density at radius 2 is 2.03 bits per heavy atom. The Morgan fingerprint density at radius 3 is 2.71 bits per heavy atom. The first kappa shape index (κ1) is 20.7. The number of likely N-dealkylation sites (N-methyl/N-ethyl adjacent to an activating group) is 1. The van der Waals surface area contributed by atoms with Crippen molar-refractivity contribution >= 4 is 22.7 Å². The highest BCUT2D eigenvalue weighted by molar-refractivity contribution is 5.99. The Bertz CT molecular complexity index is 1220. The Morgan fingerprint density at radius 1 is 1.23 bits per heavy atom. The van der Waals surface area contributed by atoms with Gasteiger partial charge in [-0.15, -0.1) is 0 Å². The van der Waals surface area contributed by atoms with E-state index in [9.17, 15) is 4.79 Å². The van der Waals surface area contributed by atoms with Crippen LogP contribution in [0.3, 0.4) is 0 Å². The van der Waals surface area contributed by atoms with E-state index in [1.807, 2.05) is 24.9 Å². The summed E-state index contributed by atoms with van der Waals surface area (Å²) >= 11 is 0. The Labute approximate surface area is 181 Å². The Hall–Kier alpha value is -3.55. The smallest absolute Gasteiger partial charge is 0.260 e. The number of aromatic amines is 1. The van der Waals surface area contributed by atoms with E-state index in [-0.39, 0.29) is 5.56 Å². The molecule has 0 spiro atoms. The number of ether oxygens (including phenoxy) is 2. The Balaban J connectivity index is 1.67. The highest BCUT2D eigenvalue weighted by atomic mass is 16.5. The van der Waals surface area contributed by atoms with Gasteiger partial charge < -0.3 is 19.3 Å². The van der Waals surface area contributed by atoms with Gasteiger partial charge in [0.1, 0.15) is 5.84 Å². The molecule has 0 atom stereocenters. The molecule has 0 saturated carbocycles. The summed E-state index contributed by atoms with van der Waals surface area (Å²) in [5.74, 6) is 2.59. The van der Waals surface area contributed by atoms with Crippen LogP contribution in [-0.4, -0.2) is 62.1 Å². The second-order valence-corrected chi connectivity index (χ2v) is 7.70. The maximum absolute atomic E-state index is 12.9. The van der Waals surface area contributed by atoms with Crippen LogP contribution in [0.25, 0.3) is 10.9 Å². The van der Waals surface area contributed by atoms with E-state index in [1.165, 1.54) is 0 Å². The van der Waals surface area contributed by atoms with E-state index in [0.29, 0.717) is 40.5 Å². The third-order valence-electron chi connectivity index (χ3n) is 5.59. The fourth-order valence-corrected chi connectivity index (χ4v) is 4.02. The van der Waals surface area contributed by atoms with Gasteiger partial charge in [-0.3, -0.25) is 14.8 Å². The fraction of sp³-hybridized carbons (Fsp3) is 0.348. The van der Waals surface area contributed by atoms with Gasteiger partial charge in [0.05, 0.1) is 31.7 Å². The van der Waals surface area contributed by atoms with Crippen LogP contribution in [0.5, 0.6) is 11.5 Å². The molecule has 0 bridgehead atoms. The first-order valence-corrected chi connectivity index (χ1v) is 10.1. The minimum absolute atomic E-state index is 0.207. The van der Waals surface area contributed by atoms with Crippen LogP contribution in [0.2, 0.25) is 0 Å². The second kappa shape index (κ2) is 8.29. The summed E-state index contributed by atoms with van der Waals surface area (Å²) < 4.78 is 10.8. The van der Waals surface area contributed by atoms with Gasteiger partial charge in [-0.2, -0.15) is 0 Å². The lowest BCUT2D eigenvalue weighted by Crippen LogP contribution is -2.25. The molecule has 1 N–H and O–H groups in total. The van der Waals surface area contributed by atoms with Crippen molar-refractivity contribution in [1.82, 2.24) is 14.9 Å². The maximum Gasteiger partial charge on any atom is 0.260 e. The quantitative estimate of drug-likeness (QED) is 0.659. The molecule has 2 heterocycles. The minimum atomic E-state index is -0.207. The first-order chi connectivity index (χ1) is 14.9. The van der Waals surface area contributed by atoms with Gasteiger partial charge >= 0.3 is 0 Å². The van der Waals surface area contributed by atoms with E-state index < -0.39 is 0 Å². The average Bonchev–Trinajstić information content (AvgIpc) is 3.19. The topological polar surface area (TPSA) is 83.0 Å². The molecule has 3 aromatic rings. The molecule has 0 saturated heterocycles. The number of aliphatic imine (C=N–C) groups is 1. The van der Waals surface area contributed by atoms with Crippen LogP contribution in [-0.2, 0) is 6.54 Å². The molecule has 162 valence electrons. The van der Waals surface area contributed by atoms with Crippen molar-refractivity contribution in [1.29, 1.82) is 0 Å². The predicted octanol–water partition coefficient (Wildman–Crippen LogP) is 2.58. The van der Waals surface area contributed by atoms with Gasteiger partial charge in [0.2, 0.25) is 5.95 Å². The SMILES string of the molecule is COc1cc2nc(N(C)Cc3cccc(C4=NCCN4C)c3)[nH]c(=O)c2c(C)c1OC. The maximum atomic E-state index is 12.9. The van der Waals surface area contributed by atoms with Crippen LogP contribution >= 0.6 is 0 Å². The number of hydrogen-bond donors (Lipinski definition) is 1. The molecule has 0 aliphatic carbocycles. The number of aryl methyl sites for hydroxylation is 1. The van der Waals surface area contributed by atoms with Crippen molar-refractivity contribution < 1.29 is 9.47 Å². The molecule has 8 nitrogen and oxygen atoms in total. The average molecular weight is 422 g/mol. The molecule has 0 radical (unpaired) electrons. The molecule has 1 aliphatic heterocycles.